The van der Waals surface area contributed by atoms with E-state index in [4.69, 9.17) is 17.3 Å². The number of benzene rings is 1. The molecule has 2 N–H and O–H groups in total. The van der Waals surface area contributed by atoms with E-state index in [1.807, 2.05) is 34.9 Å². The van der Waals surface area contributed by atoms with E-state index in [-0.39, 0.29) is 5.91 Å². The quantitative estimate of drug-likeness (QED) is 0.765. The zero-order valence-corrected chi connectivity index (χ0v) is 16.2. The van der Waals surface area contributed by atoms with Crippen molar-refractivity contribution in [2.75, 3.05) is 16.4 Å². The van der Waals surface area contributed by atoms with Crippen molar-refractivity contribution in [3.05, 3.63) is 63.5 Å². The van der Waals surface area contributed by atoms with Gasteiger partial charge in [0.1, 0.15) is 5.16 Å². The number of carbonyl (C=O) groups is 1. The number of nitrogens with zero attached hydrogens (tertiary/aromatic N) is 1. The number of primary amides is 1. The molecule has 0 aliphatic carbocycles. The Hall–Kier alpha value is -1.65. The summed E-state index contributed by atoms with van der Waals surface area (Å²) in [4.78, 5) is 14.4. The Labute approximate surface area is 158 Å². The van der Waals surface area contributed by atoms with Crippen molar-refractivity contribution >= 4 is 35.0 Å². The van der Waals surface area contributed by atoms with Gasteiger partial charge in [-0.3, -0.25) is 9.69 Å². The highest BCUT2D eigenvalue weighted by Crippen LogP contribution is 2.45. The van der Waals surface area contributed by atoms with Crippen molar-refractivity contribution in [3.8, 4) is 0 Å². The second-order valence-electron chi connectivity index (χ2n) is 6.29. The van der Waals surface area contributed by atoms with Gasteiger partial charge in [-0.25, -0.2) is 0 Å². The molecule has 1 aromatic carbocycles. The molecule has 0 atom stereocenters. The lowest BCUT2D eigenvalue weighted by molar-refractivity contribution is -0.114. The van der Waals surface area contributed by atoms with Crippen LogP contribution in [-0.2, 0) is 4.79 Å². The first-order valence-electron chi connectivity index (χ1n) is 8.62. The molecule has 0 saturated carbocycles. The van der Waals surface area contributed by atoms with Crippen LogP contribution in [0.1, 0.15) is 31.7 Å². The molecule has 0 bridgehead atoms. The van der Waals surface area contributed by atoms with Crippen LogP contribution in [0.2, 0.25) is 0 Å². The summed E-state index contributed by atoms with van der Waals surface area (Å²) in [5.41, 5.74) is 11.5. The lowest BCUT2D eigenvalue weighted by atomic mass is 9.90. The van der Waals surface area contributed by atoms with Crippen LogP contribution >= 0.6 is 23.4 Å². The summed E-state index contributed by atoms with van der Waals surface area (Å²) < 4.78 is 0. The van der Waals surface area contributed by atoms with E-state index in [0.29, 0.717) is 10.7 Å². The van der Waals surface area contributed by atoms with E-state index in [9.17, 15) is 4.79 Å². The van der Waals surface area contributed by atoms with Crippen molar-refractivity contribution in [1.82, 2.24) is 0 Å². The van der Waals surface area contributed by atoms with Gasteiger partial charge in [-0.2, -0.15) is 11.8 Å². The highest BCUT2D eigenvalue weighted by molar-refractivity contribution is 7.99. The lowest BCUT2D eigenvalue weighted by Crippen LogP contribution is -2.34. The maximum absolute atomic E-state index is 12.4. The molecule has 0 radical (unpaired) electrons. The topological polar surface area (TPSA) is 46.3 Å². The van der Waals surface area contributed by atoms with Gasteiger partial charge < -0.3 is 5.73 Å². The molecule has 132 valence electrons. The van der Waals surface area contributed by atoms with Gasteiger partial charge in [0.25, 0.3) is 5.91 Å². The van der Waals surface area contributed by atoms with Crippen LogP contribution in [0.15, 0.2) is 57.9 Å². The van der Waals surface area contributed by atoms with Crippen molar-refractivity contribution in [2.24, 2.45) is 5.73 Å². The third-order valence-electron chi connectivity index (χ3n) is 4.58. The molecule has 0 aromatic heterocycles. The molecule has 25 heavy (non-hydrogen) atoms. The number of hydrogen-bond acceptors (Lipinski definition) is 3. The normalized spacial score (nSPS) is 19.5. The molecule has 0 spiro atoms. The Morgan fingerprint density at radius 1 is 1.36 bits per heavy atom. The first kappa shape index (κ1) is 18.2. The molecule has 2 heterocycles. The van der Waals surface area contributed by atoms with Gasteiger partial charge in [0.05, 0.1) is 11.3 Å². The van der Waals surface area contributed by atoms with Crippen LogP contribution in [0.4, 0.5) is 5.69 Å². The third-order valence-corrected chi connectivity index (χ3v) is 5.96. The van der Waals surface area contributed by atoms with Crippen molar-refractivity contribution in [1.29, 1.82) is 0 Å². The molecule has 1 saturated heterocycles. The van der Waals surface area contributed by atoms with Crippen LogP contribution in [0.5, 0.6) is 0 Å². The molecule has 1 fully saturated rings. The van der Waals surface area contributed by atoms with E-state index in [2.05, 4.69) is 26.0 Å². The standard InChI is InChI=1S/C20H23ClN2OS/c1-3-4-8-17-18(20(22)24)14-10-11-25-12-15(14)19(21)23(17)16-9-6-5-7-13(16)2/h5-9H,3-4,10-12H2,1-2H3,(H2,22,24)/b17-8+. The fraction of sp³-hybridized carbons (Fsp3) is 0.350. The van der Waals surface area contributed by atoms with Crippen LogP contribution in [0.25, 0.3) is 0 Å². The number of aryl methyl sites for hydroxylation is 1. The van der Waals surface area contributed by atoms with Gasteiger partial charge in [-0.15, -0.1) is 0 Å². The maximum atomic E-state index is 12.4. The first-order chi connectivity index (χ1) is 12.1. The molecular weight excluding hydrogens is 352 g/mol. The second kappa shape index (κ2) is 7.71. The van der Waals surface area contributed by atoms with Gasteiger partial charge in [0, 0.05) is 17.0 Å². The van der Waals surface area contributed by atoms with Crippen LogP contribution in [0, 0.1) is 6.92 Å². The Morgan fingerprint density at radius 3 is 2.80 bits per heavy atom. The Kier molecular flexibility index (Phi) is 5.60. The number of unbranched alkanes of at least 4 members (excludes halogenated alkanes) is 1. The molecule has 2 aliphatic rings. The largest absolute Gasteiger partial charge is 0.366 e. The van der Waals surface area contributed by atoms with Crippen molar-refractivity contribution in [3.63, 3.8) is 0 Å². The SMILES string of the molecule is CCC/C=C1\C(C(N)=O)=C2CCSCC2=C(Cl)N1c1ccccc1C. The number of fused-ring (bicyclic) bond motifs is 1. The van der Waals surface area contributed by atoms with Crippen LogP contribution in [0.3, 0.4) is 0 Å². The second-order valence-corrected chi connectivity index (χ2v) is 7.75. The molecule has 1 aromatic rings. The number of nitrogens with two attached hydrogens (primary N) is 1. The minimum absolute atomic E-state index is 0.371. The van der Waals surface area contributed by atoms with E-state index in [0.717, 1.165) is 58.9 Å². The minimum Gasteiger partial charge on any atom is -0.366 e. The smallest absolute Gasteiger partial charge is 0.251 e. The van der Waals surface area contributed by atoms with Gasteiger partial charge in [-0.05, 0) is 42.7 Å². The number of hydrogen-bond donors (Lipinski definition) is 1. The predicted octanol–water partition coefficient (Wildman–Crippen LogP) is 4.87. The number of anilines is 1. The maximum Gasteiger partial charge on any atom is 0.251 e. The zero-order chi connectivity index (χ0) is 18.0. The van der Waals surface area contributed by atoms with Gasteiger partial charge in [0.15, 0.2) is 0 Å². The Bertz CT molecular complexity index is 795. The van der Waals surface area contributed by atoms with Gasteiger partial charge >= 0.3 is 0 Å². The number of amides is 1. The first-order valence-corrected chi connectivity index (χ1v) is 10.2. The molecular formula is C20H23ClN2OS. The van der Waals surface area contributed by atoms with Crippen LogP contribution < -0.4 is 10.6 Å². The number of allylic oxidation sites excluding steroid dienone is 2. The summed E-state index contributed by atoms with van der Waals surface area (Å²) in [6.07, 6.45) is 4.80. The summed E-state index contributed by atoms with van der Waals surface area (Å²) in [5, 5.41) is 0.698. The number of para-hydroxylation sites is 1. The van der Waals surface area contributed by atoms with E-state index < -0.39 is 0 Å². The van der Waals surface area contributed by atoms with Crippen LogP contribution in [-0.4, -0.2) is 17.4 Å². The summed E-state index contributed by atoms with van der Waals surface area (Å²) in [6.45, 7) is 4.18. The molecule has 3 nitrogen and oxygen atoms in total. The van der Waals surface area contributed by atoms with E-state index in [1.54, 1.807) is 0 Å². The Balaban J connectivity index is 2.26. The number of rotatable bonds is 4. The molecule has 1 amide bonds. The molecule has 0 unspecified atom stereocenters. The fourth-order valence-corrected chi connectivity index (χ4v) is 4.80. The number of halogens is 1. The van der Waals surface area contributed by atoms with E-state index in [1.165, 1.54) is 0 Å². The van der Waals surface area contributed by atoms with Gasteiger partial charge in [-0.1, -0.05) is 49.2 Å². The summed E-state index contributed by atoms with van der Waals surface area (Å²) in [6, 6.07) is 8.09. The third kappa shape index (κ3) is 3.38. The van der Waals surface area contributed by atoms with Crippen molar-refractivity contribution in [2.45, 2.75) is 33.1 Å². The summed E-state index contributed by atoms with van der Waals surface area (Å²) in [7, 11) is 0. The van der Waals surface area contributed by atoms with E-state index >= 15 is 0 Å². The summed E-state index contributed by atoms with van der Waals surface area (Å²) in [5.74, 6) is 1.43. The average molecular weight is 375 g/mol. The molecule has 5 heteroatoms. The van der Waals surface area contributed by atoms with Crippen molar-refractivity contribution < 1.29 is 4.79 Å². The minimum atomic E-state index is -0.371. The highest BCUT2D eigenvalue weighted by atomic mass is 35.5. The Morgan fingerprint density at radius 2 is 2.12 bits per heavy atom. The molecule has 3 rings (SSSR count). The number of carbonyl (C=O) groups excluding carboxylic acids is 1. The average Bonchev–Trinajstić information content (AvgIpc) is 2.61. The highest BCUT2D eigenvalue weighted by Gasteiger charge is 2.35. The van der Waals surface area contributed by atoms with Gasteiger partial charge in [0.2, 0.25) is 0 Å². The predicted molar refractivity (Wildman–Crippen MR) is 108 cm³/mol. The fourth-order valence-electron chi connectivity index (χ4n) is 3.35. The monoisotopic (exact) mass is 374 g/mol. The lowest BCUT2D eigenvalue weighted by Gasteiger charge is -2.37. The molecule has 2 aliphatic heterocycles. The zero-order valence-electron chi connectivity index (χ0n) is 14.6. The number of thioether (sulfide) groups is 1. The summed E-state index contributed by atoms with van der Waals surface area (Å²) >= 11 is 8.72.